The van der Waals surface area contributed by atoms with Gasteiger partial charge in [-0.25, -0.2) is 9.37 Å². The number of nitrogens with one attached hydrogen (secondary N) is 1. The van der Waals surface area contributed by atoms with Crippen LogP contribution in [0.5, 0.6) is 0 Å². The van der Waals surface area contributed by atoms with Gasteiger partial charge in [0.2, 0.25) is 0 Å². The maximum absolute atomic E-state index is 13.6. The van der Waals surface area contributed by atoms with Gasteiger partial charge < -0.3 is 4.98 Å². The molecule has 0 unspecified atom stereocenters. The third-order valence-electron chi connectivity index (χ3n) is 5.50. The van der Waals surface area contributed by atoms with Gasteiger partial charge in [0.15, 0.2) is 0 Å². The quantitative estimate of drug-likeness (QED) is 0.307. The zero-order valence-electron chi connectivity index (χ0n) is 17.9. The summed E-state index contributed by atoms with van der Waals surface area (Å²) >= 11 is 0. The average molecular weight is 462 g/mol. The van der Waals surface area contributed by atoms with Crippen molar-refractivity contribution in [2.24, 2.45) is 5.10 Å². The van der Waals surface area contributed by atoms with Gasteiger partial charge in [-0.1, -0.05) is 24.3 Å². The van der Waals surface area contributed by atoms with Crippen LogP contribution in [0.1, 0.15) is 11.3 Å². The van der Waals surface area contributed by atoms with Crippen molar-refractivity contribution >= 4 is 32.8 Å². The predicted octanol–water partition coefficient (Wildman–Crippen LogP) is 4.58. The molecule has 0 atom stereocenters. The number of para-hydroxylation sites is 1. The first kappa shape index (κ1) is 20.9. The molecule has 7 nitrogen and oxygen atoms in total. The first-order valence-corrected chi connectivity index (χ1v) is 11.6. The number of rotatable bonds is 5. The van der Waals surface area contributed by atoms with Crippen molar-refractivity contribution in [3.05, 3.63) is 90.1 Å². The average Bonchev–Trinajstić information content (AvgIpc) is 3.42. The molecule has 0 saturated heterocycles. The number of imidazole rings is 1. The van der Waals surface area contributed by atoms with E-state index in [4.69, 9.17) is 0 Å². The zero-order valence-corrected chi connectivity index (χ0v) is 18.7. The highest BCUT2D eigenvalue weighted by molar-refractivity contribution is 7.89. The molecule has 1 N–H and O–H groups in total. The lowest BCUT2D eigenvalue weighted by molar-refractivity contribution is 0.489. The Kier molecular flexibility index (Phi) is 4.98. The van der Waals surface area contributed by atoms with Crippen molar-refractivity contribution in [1.29, 1.82) is 0 Å². The fourth-order valence-corrected chi connectivity index (χ4v) is 4.87. The molecule has 33 heavy (non-hydrogen) atoms. The van der Waals surface area contributed by atoms with Gasteiger partial charge in [-0.3, -0.25) is 4.40 Å². The van der Waals surface area contributed by atoms with E-state index in [1.54, 1.807) is 13.1 Å². The smallest absolute Gasteiger partial charge is 0.279 e. The number of halogens is 1. The Morgan fingerprint density at radius 2 is 1.94 bits per heavy atom. The van der Waals surface area contributed by atoms with Crippen LogP contribution in [0, 0.1) is 12.7 Å². The molecule has 166 valence electrons. The van der Waals surface area contributed by atoms with Crippen molar-refractivity contribution < 1.29 is 12.8 Å². The lowest BCUT2D eigenvalue weighted by Crippen LogP contribution is -2.23. The molecule has 0 saturated carbocycles. The molecule has 3 heterocycles. The van der Waals surface area contributed by atoms with E-state index in [1.165, 1.54) is 25.4 Å². The Hall–Kier alpha value is -3.98. The lowest BCUT2D eigenvalue weighted by Gasteiger charge is -2.15. The number of fused-ring (bicyclic) bond motifs is 2. The minimum Gasteiger partial charge on any atom is -0.354 e. The highest BCUT2D eigenvalue weighted by Crippen LogP contribution is 2.25. The number of sulfonamides is 1. The minimum atomic E-state index is -4.00. The number of hydrogen-bond donors (Lipinski definition) is 1. The van der Waals surface area contributed by atoms with Crippen LogP contribution < -0.4 is 0 Å². The summed E-state index contributed by atoms with van der Waals surface area (Å²) < 4.78 is 42.0. The molecule has 0 bridgehead atoms. The Bertz CT molecular complexity index is 1600. The van der Waals surface area contributed by atoms with Crippen molar-refractivity contribution in [3.8, 4) is 11.3 Å². The van der Waals surface area contributed by atoms with Crippen molar-refractivity contribution in [2.75, 3.05) is 7.05 Å². The van der Waals surface area contributed by atoms with Gasteiger partial charge in [0.05, 0.1) is 23.0 Å². The van der Waals surface area contributed by atoms with E-state index in [2.05, 4.69) is 21.1 Å². The van der Waals surface area contributed by atoms with Crippen LogP contribution >= 0.6 is 0 Å². The van der Waals surface area contributed by atoms with Crippen LogP contribution in [0.2, 0.25) is 0 Å². The highest BCUT2D eigenvalue weighted by Gasteiger charge is 2.22. The molecule has 0 aliphatic carbocycles. The summed E-state index contributed by atoms with van der Waals surface area (Å²) in [5.41, 5.74) is 4.68. The number of aromatic nitrogens is 3. The summed E-state index contributed by atoms with van der Waals surface area (Å²) in [6, 6.07) is 17.6. The zero-order chi connectivity index (χ0) is 23.2. The number of pyridine rings is 1. The van der Waals surface area contributed by atoms with Crippen molar-refractivity contribution in [2.45, 2.75) is 11.8 Å². The van der Waals surface area contributed by atoms with Crippen LogP contribution in [0.4, 0.5) is 4.39 Å². The van der Waals surface area contributed by atoms with E-state index < -0.39 is 15.8 Å². The second kappa shape index (κ2) is 7.86. The Labute approximate surface area is 189 Å². The van der Waals surface area contributed by atoms with Gasteiger partial charge in [0.25, 0.3) is 10.0 Å². The topological polar surface area (TPSA) is 82.8 Å². The van der Waals surface area contributed by atoms with Gasteiger partial charge in [-0.2, -0.15) is 17.9 Å². The largest absolute Gasteiger partial charge is 0.354 e. The van der Waals surface area contributed by atoms with Crippen LogP contribution in [-0.4, -0.2) is 40.5 Å². The van der Waals surface area contributed by atoms with Gasteiger partial charge >= 0.3 is 0 Å². The molecule has 5 aromatic rings. The molecule has 2 aromatic carbocycles. The summed E-state index contributed by atoms with van der Waals surface area (Å²) in [6.45, 7) is 1.61. The predicted molar refractivity (Wildman–Crippen MR) is 126 cm³/mol. The normalized spacial score (nSPS) is 12.2. The van der Waals surface area contributed by atoms with Crippen molar-refractivity contribution in [1.82, 2.24) is 18.8 Å². The molecule has 0 aliphatic rings. The molecular weight excluding hydrogens is 441 g/mol. The number of aryl methyl sites for hydroxylation is 1. The maximum atomic E-state index is 13.6. The summed E-state index contributed by atoms with van der Waals surface area (Å²) in [5.74, 6) is -0.622. The number of hydrazone groups is 1. The SMILES string of the molecule is Cc1ccc(F)cc1S(=O)(=O)N(C)/N=C/c1cnc2ccc(-c3cc4ccccc4[nH]3)cn12. The minimum absolute atomic E-state index is 0.124. The van der Waals surface area contributed by atoms with E-state index in [9.17, 15) is 12.8 Å². The second-order valence-electron chi connectivity index (χ2n) is 7.69. The number of benzene rings is 2. The van der Waals surface area contributed by atoms with Gasteiger partial charge in [0.1, 0.15) is 11.5 Å². The number of nitrogens with zero attached hydrogens (tertiary/aromatic N) is 4. The molecule has 0 fully saturated rings. The third kappa shape index (κ3) is 3.76. The molecular formula is C24H20FN5O2S. The summed E-state index contributed by atoms with van der Waals surface area (Å²) in [7, 11) is -2.69. The van der Waals surface area contributed by atoms with Crippen molar-refractivity contribution in [3.63, 3.8) is 0 Å². The molecule has 0 amide bonds. The number of hydrogen-bond acceptors (Lipinski definition) is 4. The summed E-state index contributed by atoms with van der Waals surface area (Å²) in [6.07, 6.45) is 4.95. The van der Waals surface area contributed by atoms with E-state index in [0.29, 0.717) is 16.9 Å². The van der Waals surface area contributed by atoms with E-state index >= 15 is 0 Å². The molecule has 9 heteroatoms. The van der Waals surface area contributed by atoms with Gasteiger partial charge in [0, 0.05) is 35.4 Å². The Morgan fingerprint density at radius 3 is 2.76 bits per heavy atom. The Balaban J connectivity index is 1.48. The summed E-state index contributed by atoms with van der Waals surface area (Å²) in [5, 5.41) is 5.21. The molecule has 3 aromatic heterocycles. The fraction of sp³-hybridized carbons (Fsp3) is 0.0833. The Morgan fingerprint density at radius 1 is 1.12 bits per heavy atom. The molecule has 5 rings (SSSR count). The first-order valence-electron chi connectivity index (χ1n) is 10.2. The number of H-pyrrole nitrogens is 1. The van der Waals surface area contributed by atoms with Gasteiger partial charge in [-0.05, 0) is 48.9 Å². The lowest BCUT2D eigenvalue weighted by atomic mass is 10.2. The maximum Gasteiger partial charge on any atom is 0.279 e. The van der Waals surface area contributed by atoms with E-state index in [0.717, 1.165) is 32.6 Å². The molecule has 0 radical (unpaired) electrons. The second-order valence-corrected chi connectivity index (χ2v) is 9.61. The van der Waals surface area contributed by atoms with Crippen LogP contribution in [0.3, 0.4) is 0 Å². The standard InChI is InChI=1S/C24H20FN5O2S/c1-16-7-9-19(25)12-23(16)33(31,32)29(2)27-14-20-13-26-24-10-8-18(15-30(20)24)22-11-17-5-3-4-6-21(17)28-22/h3-15,28H,1-2H3/b27-14+. The van der Waals surface area contributed by atoms with Crippen LogP contribution in [-0.2, 0) is 10.0 Å². The van der Waals surface area contributed by atoms with Crippen LogP contribution in [0.15, 0.2) is 83.1 Å². The van der Waals surface area contributed by atoms with E-state index in [-0.39, 0.29) is 4.90 Å². The van der Waals surface area contributed by atoms with Crippen LogP contribution in [0.25, 0.3) is 27.8 Å². The molecule has 0 aliphatic heterocycles. The van der Waals surface area contributed by atoms with Gasteiger partial charge in [-0.15, -0.1) is 0 Å². The van der Waals surface area contributed by atoms with E-state index in [1.807, 2.05) is 47.0 Å². The summed E-state index contributed by atoms with van der Waals surface area (Å²) in [4.78, 5) is 7.64. The third-order valence-corrected chi connectivity index (χ3v) is 7.29. The number of aromatic amines is 1. The molecule has 0 spiro atoms. The highest BCUT2D eigenvalue weighted by atomic mass is 32.2. The monoisotopic (exact) mass is 461 g/mol. The fourth-order valence-electron chi connectivity index (χ4n) is 3.68. The first-order chi connectivity index (χ1) is 15.8.